The fraction of sp³-hybridized carbons (Fsp3) is 0.214. The van der Waals surface area contributed by atoms with Crippen LogP contribution in [0.5, 0.6) is 0 Å². The number of aromatic nitrogens is 1. The zero-order valence-corrected chi connectivity index (χ0v) is 10.3. The fourth-order valence-electron chi connectivity index (χ4n) is 1.72. The Bertz CT molecular complexity index is 513. The van der Waals surface area contributed by atoms with Crippen molar-refractivity contribution in [2.45, 2.75) is 18.7 Å². The van der Waals surface area contributed by atoms with Gasteiger partial charge in [-0.3, -0.25) is 4.98 Å². The summed E-state index contributed by atoms with van der Waals surface area (Å²) in [6.45, 7) is 2.00. The monoisotopic (exact) mass is 249 g/mol. The van der Waals surface area contributed by atoms with Crippen molar-refractivity contribution in [3.05, 3.63) is 65.2 Å². The van der Waals surface area contributed by atoms with Crippen molar-refractivity contribution in [2.24, 2.45) is 0 Å². The molecule has 0 spiro atoms. The van der Waals surface area contributed by atoms with Crippen LogP contribution < -0.4 is 0 Å². The maximum atomic E-state index is 13.1. The molecule has 0 bridgehead atoms. The lowest BCUT2D eigenvalue weighted by atomic mass is 10.0. The normalized spacial score (nSPS) is 12.4. The van der Waals surface area contributed by atoms with Gasteiger partial charge in [0.2, 0.25) is 0 Å². The third-order valence-corrected chi connectivity index (χ3v) is 3.11. The van der Waals surface area contributed by atoms with E-state index in [0.717, 1.165) is 16.8 Å². The molecule has 3 heteroatoms. The van der Waals surface area contributed by atoms with Crippen LogP contribution in [0.15, 0.2) is 42.6 Å². The lowest BCUT2D eigenvalue weighted by Gasteiger charge is -2.11. The van der Waals surface area contributed by atoms with Crippen molar-refractivity contribution in [1.29, 1.82) is 0 Å². The Morgan fingerprint density at radius 3 is 2.82 bits per heavy atom. The van der Waals surface area contributed by atoms with E-state index in [9.17, 15) is 4.39 Å². The minimum atomic E-state index is -0.258. The maximum absolute atomic E-state index is 13.1. The summed E-state index contributed by atoms with van der Waals surface area (Å²) in [7, 11) is 0. The Balaban J connectivity index is 2.17. The molecular weight excluding hydrogens is 237 g/mol. The first-order valence-electron chi connectivity index (χ1n) is 5.47. The van der Waals surface area contributed by atoms with Crippen molar-refractivity contribution in [1.82, 2.24) is 4.98 Å². The molecular formula is C14H13ClFN. The second-order valence-electron chi connectivity index (χ2n) is 3.99. The van der Waals surface area contributed by atoms with E-state index in [0.29, 0.717) is 6.42 Å². The molecule has 0 aliphatic rings. The van der Waals surface area contributed by atoms with Crippen LogP contribution in [0.2, 0.25) is 0 Å². The molecule has 1 atom stereocenters. The van der Waals surface area contributed by atoms with Crippen molar-refractivity contribution in [2.75, 3.05) is 0 Å². The minimum absolute atomic E-state index is 0.251. The SMILES string of the molecule is Cc1cccnc1CC(Cl)c1cccc(F)c1. The molecule has 88 valence electrons. The summed E-state index contributed by atoms with van der Waals surface area (Å²) in [5, 5.41) is -0.251. The molecule has 0 saturated carbocycles. The smallest absolute Gasteiger partial charge is 0.123 e. The van der Waals surface area contributed by atoms with Crippen molar-refractivity contribution >= 4 is 11.6 Å². The Kier molecular flexibility index (Phi) is 3.75. The van der Waals surface area contributed by atoms with E-state index in [1.807, 2.05) is 25.1 Å². The predicted octanol–water partition coefficient (Wildman–Crippen LogP) is 4.05. The molecule has 2 aromatic rings. The zero-order chi connectivity index (χ0) is 12.3. The first-order valence-corrected chi connectivity index (χ1v) is 5.90. The molecule has 0 radical (unpaired) electrons. The zero-order valence-electron chi connectivity index (χ0n) is 9.53. The van der Waals surface area contributed by atoms with Gasteiger partial charge >= 0.3 is 0 Å². The molecule has 1 heterocycles. The number of pyridine rings is 1. The quantitative estimate of drug-likeness (QED) is 0.748. The predicted molar refractivity (Wildman–Crippen MR) is 67.7 cm³/mol. The second-order valence-corrected chi connectivity index (χ2v) is 4.52. The number of aryl methyl sites for hydroxylation is 1. The molecule has 1 unspecified atom stereocenters. The molecule has 1 nitrogen and oxygen atoms in total. The van der Waals surface area contributed by atoms with E-state index < -0.39 is 0 Å². The number of halogens is 2. The Labute approximate surface area is 105 Å². The molecule has 17 heavy (non-hydrogen) atoms. The topological polar surface area (TPSA) is 12.9 Å². The number of benzene rings is 1. The summed E-state index contributed by atoms with van der Waals surface area (Å²) >= 11 is 6.28. The highest BCUT2D eigenvalue weighted by molar-refractivity contribution is 6.20. The number of hydrogen-bond acceptors (Lipinski definition) is 1. The van der Waals surface area contributed by atoms with Gasteiger partial charge < -0.3 is 0 Å². The highest BCUT2D eigenvalue weighted by Crippen LogP contribution is 2.25. The van der Waals surface area contributed by atoms with Gasteiger partial charge in [0, 0.05) is 18.3 Å². The highest BCUT2D eigenvalue weighted by Gasteiger charge is 2.11. The van der Waals surface area contributed by atoms with Crippen LogP contribution >= 0.6 is 11.6 Å². The fourth-order valence-corrected chi connectivity index (χ4v) is 2.00. The first kappa shape index (κ1) is 12.1. The molecule has 0 fully saturated rings. The minimum Gasteiger partial charge on any atom is -0.261 e. The van der Waals surface area contributed by atoms with Gasteiger partial charge in [-0.05, 0) is 36.2 Å². The van der Waals surface area contributed by atoms with Crippen LogP contribution in [0.25, 0.3) is 0 Å². The van der Waals surface area contributed by atoms with Crippen LogP contribution in [0, 0.1) is 12.7 Å². The number of rotatable bonds is 3. The average Bonchev–Trinajstić information content (AvgIpc) is 2.32. The van der Waals surface area contributed by atoms with Crippen LogP contribution in [-0.2, 0) is 6.42 Å². The van der Waals surface area contributed by atoms with Gasteiger partial charge in [0.1, 0.15) is 5.82 Å². The summed E-state index contributed by atoms with van der Waals surface area (Å²) in [6.07, 6.45) is 2.36. The summed E-state index contributed by atoms with van der Waals surface area (Å²) in [5.41, 5.74) is 2.85. The molecule has 0 aliphatic heterocycles. The van der Waals surface area contributed by atoms with Crippen molar-refractivity contribution in [3.8, 4) is 0 Å². The molecule has 2 rings (SSSR count). The van der Waals surface area contributed by atoms with Gasteiger partial charge in [-0.1, -0.05) is 18.2 Å². The summed E-state index contributed by atoms with van der Waals surface area (Å²) in [4.78, 5) is 4.29. The van der Waals surface area contributed by atoms with Gasteiger partial charge in [-0.25, -0.2) is 4.39 Å². The molecule has 0 N–H and O–H groups in total. The Hall–Kier alpha value is -1.41. The number of nitrogens with zero attached hydrogens (tertiary/aromatic N) is 1. The lowest BCUT2D eigenvalue weighted by molar-refractivity contribution is 0.624. The van der Waals surface area contributed by atoms with Gasteiger partial charge in [0.15, 0.2) is 0 Å². The van der Waals surface area contributed by atoms with E-state index in [4.69, 9.17) is 11.6 Å². The molecule has 1 aromatic heterocycles. The largest absolute Gasteiger partial charge is 0.261 e. The van der Waals surface area contributed by atoms with Gasteiger partial charge in [-0.2, -0.15) is 0 Å². The van der Waals surface area contributed by atoms with Crippen LogP contribution in [0.4, 0.5) is 4.39 Å². The number of alkyl halides is 1. The Morgan fingerprint density at radius 2 is 2.12 bits per heavy atom. The molecule has 1 aromatic carbocycles. The third-order valence-electron chi connectivity index (χ3n) is 2.70. The Morgan fingerprint density at radius 1 is 1.29 bits per heavy atom. The average molecular weight is 250 g/mol. The van der Waals surface area contributed by atoms with E-state index in [1.165, 1.54) is 12.1 Å². The molecule has 0 amide bonds. The first-order chi connectivity index (χ1) is 8.16. The second kappa shape index (κ2) is 5.28. The van der Waals surface area contributed by atoms with E-state index in [1.54, 1.807) is 12.3 Å². The van der Waals surface area contributed by atoms with Gasteiger partial charge in [-0.15, -0.1) is 11.6 Å². The lowest BCUT2D eigenvalue weighted by Crippen LogP contribution is -2.00. The maximum Gasteiger partial charge on any atom is 0.123 e. The van der Waals surface area contributed by atoms with Crippen molar-refractivity contribution in [3.63, 3.8) is 0 Å². The number of hydrogen-bond donors (Lipinski definition) is 0. The van der Waals surface area contributed by atoms with Crippen LogP contribution in [0.1, 0.15) is 22.2 Å². The molecule has 0 aliphatic carbocycles. The van der Waals surface area contributed by atoms with E-state index in [2.05, 4.69) is 4.98 Å². The summed E-state index contributed by atoms with van der Waals surface area (Å²) in [5.74, 6) is -0.258. The summed E-state index contributed by atoms with van der Waals surface area (Å²) < 4.78 is 13.1. The third kappa shape index (κ3) is 3.04. The van der Waals surface area contributed by atoms with Gasteiger partial charge in [0.05, 0.1) is 5.38 Å². The molecule has 0 saturated heterocycles. The van der Waals surface area contributed by atoms with Crippen LogP contribution in [0.3, 0.4) is 0 Å². The van der Waals surface area contributed by atoms with Crippen molar-refractivity contribution < 1.29 is 4.39 Å². The van der Waals surface area contributed by atoms with E-state index in [-0.39, 0.29) is 11.2 Å². The van der Waals surface area contributed by atoms with E-state index >= 15 is 0 Å². The highest BCUT2D eigenvalue weighted by atomic mass is 35.5. The van der Waals surface area contributed by atoms with Gasteiger partial charge in [0.25, 0.3) is 0 Å². The standard InChI is InChI=1S/C14H13ClFN/c1-10-4-3-7-17-14(10)9-13(15)11-5-2-6-12(16)8-11/h2-8,13H,9H2,1H3. The van der Waals surface area contributed by atoms with Crippen LogP contribution in [-0.4, -0.2) is 4.98 Å². The summed E-state index contributed by atoms with van der Waals surface area (Å²) in [6, 6.07) is 10.3.